The Morgan fingerprint density at radius 3 is 2.41 bits per heavy atom. The number of hydrogen-bond donors (Lipinski definition) is 2. The van der Waals surface area contributed by atoms with Gasteiger partial charge < -0.3 is 15.7 Å². The number of aliphatic hydroxyl groups is 1. The van der Waals surface area contributed by atoms with Crippen molar-refractivity contribution in [1.29, 1.82) is 0 Å². The van der Waals surface area contributed by atoms with Crippen LogP contribution in [0.1, 0.15) is 47.0 Å². The van der Waals surface area contributed by atoms with Crippen molar-refractivity contribution >= 4 is 5.91 Å². The van der Waals surface area contributed by atoms with Crippen LogP contribution in [0.25, 0.3) is 0 Å². The van der Waals surface area contributed by atoms with Gasteiger partial charge in [-0.1, -0.05) is 0 Å². The number of amides is 1. The fourth-order valence-corrected chi connectivity index (χ4v) is 2.09. The van der Waals surface area contributed by atoms with Gasteiger partial charge in [-0.15, -0.1) is 0 Å². The first-order valence-corrected chi connectivity index (χ1v) is 6.42. The van der Waals surface area contributed by atoms with E-state index in [2.05, 4.69) is 0 Å². The lowest BCUT2D eigenvalue weighted by Crippen LogP contribution is -2.59. The first-order valence-electron chi connectivity index (χ1n) is 6.42. The van der Waals surface area contributed by atoms with Gasteiger partial charge in [0.05, 0.1) is 18.1 Å². The Bertz CT molecular complexity index is 282. The summed E-state index contributed by atoms with van der Waals surface area (Å²) >= 11 is 0. The number of hydrogen-bond acceptors (Lipinski definition) is 3. The van der Waals surface area contributed by atoms with Crippen LogP contribution in [0.5, 0.6) is 0 Å². The summed E-state index contributed by atoms with van der Waals surface area (Å²) in [7, 11) is 0. The van der Waals surface area contributed by atoms with Gasteiger partial charge in [0.1, 0.15) is 0 Å². The summed E-state index contributed by atoms with van der Waals surface area (Å²) in [6, 6.07) is -0.0297. The molecule has 1 fully saturated rings. The smallest absolute Gasteiger partial charge is 0.230 e. The molecule has 0 spiro atoms. The predicted octanol–water partition coefficient (Wildman–Crippen LogP) is 1.12. The molecule has 3 N–H and O–H groups in total. The van der Waals surface area contributed by atoms with Gasteiger partial charge in [0.2, 0.25) is 5.91 Å². The Morgan fingerprint density at radius 1 is 1.35 bits per heavy atom. The van der Waals surface area contributed by atoms with Gasteiger partial charge in [-0.05, 0) is 47.0 Å². The van der Waals surface area contributed by atoms with Crippen molar-refractivity contribution in [1.82, 2.24) is 4.90 Å². The molecule has 0 aromatic rings. The first kappa shape index (κ1) is 14.5. The second-order valence-corrected chi connectivity index (χ2v) is 6.18. The van der Waals surface area contributed by atoms with E-state index in [9.17, 15) is 9.90 Å². The second-order valence-electron chi connectivity index (χ2n) is 6.18. The van der Waals surface area contributed by atoms with Gasteiger partial charge in [-0.3, -0.25) is 4.79 Å². The van der Waals surface area contributed by atoms with Crippen LogP contribution >= 0.6 is 0 Å². The van der Waals surface area contributed by atoms with Crippen molar-refractivity contribution in [2.24, 2.45) is 11.1 Å². The average molecular weight is 242 g/mol. The van der Waals surface area contributed by atoms with Crippen LogP contribution < -0.4 is 5.73 Å². The van der Waals surface area contributed by atoms with E-state index < -0.39 is 11.0 Å². The zero-order chi connectivity index (χ0) is 13.3. The van der Waals surface area contributed by atoms with E-state index in [4.69, 9.17) is 5.73 Å². The Labute approximate surface area is 104 Å². The van der Waals surface area contributed by atoms with Crippen LogP contribution in [-0.4, -0.2) is 40.6 Å². The first-order chi connectivity index (χ1) is 7.71. The van der Waals surface area contributed by atoms with Gasteiger partial charge in [-0.25, -0.2) is 0 Å². The molecular weight excluding hydrogens is 216 g/mol. The highest BCUT2D eigenvalue weighted by molar-refractivity contribution is 5.83. The summed E-state index contributed by atoms with van der Waals surface area (Å²) in [5.74, 6) is 0.0590. The highest BCUT2D eigenvalue weighted by Gasteiger charge is 2.44. The number of rotatable bonds is 3. The zero-order valence-corrected chi connectivity index (χ0v) is 11.5. The number of carbonyl (C=O) groups excluding carboxylic acids is 1. The number of nitrogens with two attached hydrogens (primary N) is 1. The third-order valence-electron chi connectivity index (χ3n) is 4.24. The molecule has 0 aliphatic carbocycles. The third-order valence-corrected chi connectivity index (χ3v) is 4.24. The monoisotopic (exact) mass is 242 g/mol. The summed E-state index contributed by atoms with van der Waals surface area (Å²) in [4.78, 5) is 14.4. The minimum Gasteiger partial charge on any atom is -0.394 e. The third kappa shape index (κ3) is 2.80. The molecule has 1 heterocycles. The topological polar surface area (TPSA) is 66.6 Å². The summed E-state index contributed by atoms with van der Waals surface area (Å²) < 4.78 is 0. The lowest BCUT2D eigenvalue weighted by atomic mass is 9.73. The quantitative estimate of drug-likeness (QED) is 0.779. The average Bonchev–Trinajstić information content (AvgIpc) is 2.26. The molecule has 4 nitrogen and oxygen atoms in total. The maximum absolute atomic E-state index is 12.6. The van der Waals surface area contributed by atoms with Crippen molar-refractivity contribution in [3.8, 4) is 0 Å². The van der Waals surface area contributed by atoms with E-state index in [1.54, 1.807) is 0 Å². The molecule has 1 amide bonds. The van der Waals surface area contributed by atoms with E-state index in [0.717, 1.165) is 25.8 Å². The summed E-state index contributed by atoms with van der Waals surface area (Å²) in [5, 5.41) is 9.35. The van der Waals surface area contributed by atoms with Crippen LogP contribution in [0.15, 0.2) is 0 Å². The molecule has 17 heavy (non-hydrogen) atoms. The minimum atomic E-state index is -0.613. The van der Waals surface area contributed by atoms with Crippen LogP contribution in [0.4, 0.5) is 0 Å². The molecule has 1 aliphatic rings. The van der Waals surface area contributed by atoms with Gasteiger partial charge in [0.15, 0.2) is 0 Å². The molecule has 0 saturated carbocycles. The fraction of sp³-hybridized carbons (Fsp3) is 0.923. The number of piperidine rings is 1. The summed E-state index contributed by atoms with van der Waals surface area (Å²) in [6.45, 7) is 8.32. The molecule has 1 rings (SSSR count). The normalized spacial score (nSPS) is 22.7. The SMILES string of the molecule is CC(C)(N)C(C)(C)C(=O)N1CCCCC1CO. The maximum atomic E-state index is 12.6. The van der Waals surface area contributed by atoms with Crippen LogP contribution in [0.3, 0.4) is 0 Å². The number of carbonyl (C=O) groups is 1. The number of likely N-dealkylation sites (tertiary alicyclic amines) is 1. The van der Waals surface area contributed by atoms with Gasteiger partial charge in [-0.2, -0.15) is 0 Å². The zero-order valence-electron chi connectivity index (χ0n) is 11.5. The molecule has 1 unspecified atom stereocenters. The fourth-order valence-electron chi connectivity index (χ4n) is 2.09. The molecule has 0 aromatic carbocycles. The molecular formula is C13H26N2O2. The highest BCUT2D eigenvalue weighted by atomic mass is 16.3. The molecule has 0 radical (unpaired) electrons. The standard InChI is InChI=1S/C13H26N2O2/c1-12(2,13(3,4)14)11(17)15-8-6-5-7-10(15)9-16/h10,16H,5-9,14H2,1-4H3. The van der Waals surface area contributed by atoms with Crippen LogP contribution in [0.2, 0.25) is 0 Å². The summed E-state index contributed by atoms with van der Waals surface area (Å²) in [5.41, 5.74) is 4.92. The molecule has 1 aliphatic heterocycles. The molecule has 1 atom stereocenters. The van der Waals surface area contributed by atoms with Crippen molar-refractivity contribution < 1.29 is 9.90 Å². The van der Waals surface area contributed by atoms with Crippen LogP contribution in [0, 0.1) is 5.41 Å². The van der Waals surface area contributed by atoms with E-state index in [1.807, 2.05) is 32.6 Å². The van der Waals surface area contributed by atoms with E-state index in [1.165, 1.54) is 0 Å². The van der Waals surface area contributed by atoms with Crippen molar-refractivity contribution in [2.75, 3.05) is 13.2 Å². The van der Waals surface area contributed by atoms with Crippen LogP contribution in [-0.2, 0) is 4.79 Å². The van der Waals surface area contributed by atoms with Crippen molar-refractivity contribution in [3.05, 3.63) is 0 Å². The van der Waals surface area contributed by atoms with E-state index in [0.29, 0.717) is 0 Å². The molecule has 100 valence electrons. The molecule has 0 bridgehead atoms. The second kappa shape index (κ2) is 4.94. The number of nitrogens with zero attached hydrogens (tertiary/aromatic N) is 1. The Hall–Kier alpha value is -0.610. The van der Waals surface area contributed by atoms with E-state index >= 15 is 0 Å². The molecule has 4 heteroatoms. The predicted molar refractivity (Wildman–Crippen MR) is 68.5 cm³/mol. The van der Waals surface area contributed by atoms with Crippen molar-refractivity contribution in [2.45, 2.75) is 58.5 Å². The van der Waals surface area contributed by atoms with Gasteiger partial charge in [0, 0.05) is 12.1 Å². The van der Waals surface area contributed by atoms with Gasteiger partial charge >= 0.3 is 0 Å². The largest absolute Gasteiger partial charge is 0.394 e. The van der Waals surface area contributed by atoms with Gasteiger partial charge in [0.25, 0.3) is 0 Å². The Kier molecular flexibility index (Phi) is 4.20. The number of aliphatic hydroxyl groups excluding tert-OH is 1. The Balaban J connectivity index is 2.87. The lowest BCUT2D eigenvalue weighted by molar-refractivity contribution is -0.148. The minimum absolute atomic E-state index is 0.0297. The summed E-state index contributed by atoms with van der Waals surface area (Å²) in [6.07, 6.45) is 2.99. The molecule has 0 aromatic heterocycles. The van der Waals surface area contributed by atoms with E-state index in [-0.39, 0.29) is 18.6 Å². The highest BCUT2D eigenvalue weighted by Crippen LogP contribution is 2.33. The lowest BCUT2D eigenvalue weighted by Gasteiger charge is -2.44. The maximum Gasteiger partial charge on any atom is 0.230 e. The Morgan fingerprint density at radius 2 is 1.94 bits per heavy atom. The van der Waals surface area contributed by atoms with Crippen molar-refractivity contribution in [3.63, 3.8) is 0 Å². The molecule has 1 saturated heterocycles.